The average molecular weight is 149 g/mol. The minimum atomic E-state index is 0.0324. The van der Waals surface area contributed by atoms with Gasteiger partial charge in [0.1, 0.15) is 5.78 Å². The Kier molecular flexibility index (Phi) is 38.3. The van der Waals surface area contributed by atoms with Gasteiger partial charge in [0.05, 0.1) is 6.54 Å². The number of hydrogen-bond donors (Lipinski definition) is 2. The molecule has 3 heteroatoms. The lowest BCUT2D eigenvalue weighted by molar-refractivity contribution is -0.115. The average Bonchev–Trinajstić information content (AvgIpc) is 1.94. The van der Waals surface area contributed by atoms with Crippen molar-refractivity contribution in [3.05, 3.63) is 0 Å². The van der Waals surface area contributed by atoms with E-state index < -0.39 is 0 Å². The van der Waals surface area contributed by atoms with Gasteiger partial charge in [-0.2, -0.15) is 0 Å². The van der Waals surface area contributed by atoms with Crippen LogP contribution < -0.4 is 5.73 Å². The number of carbonyl (C=O) groups is 1. The molecule has 0 aromatic carbocycles. The largest absolute Gasteiger partial charge is 0.397 e. The molecule has 0 aromatic heterocycles. The Labute approximate surface area is 63.2 Å². The van der Waals surface area contributed by atoms with Crippen molar-refractivity contribution in [1.82, 2.24) is 0 Å². The van der Waals surface area contributed by atoms with Crippen LogP contribution in [0.25, 0.3) is 0 Å². The van der Waals surface area contributed by atoms with E-state index in [2.05, 4.69) is 0 Å². The van der Waals surface area contributed by atoms with Crippen LogP contribution in [0.3, 0.4) is 0 Å². The zero-order valence-electron chi connectivity index (χ0n) is 7.35. The second-order valence-corrected chi connectivity index (χ2v) is 1.22. The number of rotatable bonds is 1. The van der Waals surface area contributed by atoms with E-state index in [1.165, 1.54) is 6.92 Å². The Morgan fingerprint density at radius 1 is 1.50 bits per heavy atom. The van der Waals surface area contributed by atoms with E-state index in [-0.39, 0.29) is 18.9 Å². The fourth-order valence-electron chi connectivity index (χ4n) is 0. The van der Waals surface area contributed by atoms with Crippen molar-refractivity contribution in [2.45, 2.75) is 27.7 Å². The molecule has 0 saturated carbocycles. The molecule has 0 unspecified atom stereocenters. The summed E-state index contributed by atoms with van der Waals surface area (Å²) in [6, 6.07) is 0. The molecule has 0 amide bonds. The zero-order chi connectivity index (χ0) is 8.99. The van der Waals surface area contributed by atoms with Gasteiger partial charge in [0.25, 0.3) is 0 Å². The van der Waals surface area contributed by atoms with E-state index >= 15 is 0 Å². The van der Waals surface area contributed by atoms with Crippen molar-refractivity contribution in [1.29, 1.82) is 0 Å². The Morgan fingerprint density at radius 3 is 1.60 bits per heavy atom. The Balaban J connectivity index is -0.0000000847. The van der Waals surface area contributed by atoms with E-state index in [1.807, 2.05) is 13.8 Å². The Bertz CT molecular complexity index is 55.6. The van der Waals surface area contributed by atoms with Crippen molar-refractivity contribution in [3.63, 3.8) is 0 Å². The number of Topliss-reactive ketones (excluding diaryl/α,β-unsaturated/α-hetero) is 1. The summed E-state index contributed by atoms with van der Waals surface area (Å²) in [5.74, 6) is 0.0324. The van der Waals surface area contributed by atoms with Crippen LogP contribution >= 0.6 is 0 Å². The molecular formula is C7H19NO2. The highest BCUT2D eigenvalue weighted by Crippen LogP contribution is 1.51. The van der Waals surface area contributed by atoms with E-state index in [0.717, 1.165) is 0 Å². The van der Waals surface area contributed by atoms with Gasteiger partial charge in [-0.15, -0.1) is 0 Å². The monoisotopic (exact) mass is 149 g/mol. The van der Waals surface area contributed by atoms with Gasteiger partial charge in [-0.1, -0.05) is 13.8 Å². The van der Waals surface area contributed by atoms with Crippen molar-refractivity contribution < 1.29 is 9.90 Å². The van der Waals surface area contributed by atoms with Gasteiger partial charge in [-0.3, -0.25) is 4.79 Å². The summed E-state index contributed by atoms with van der Waals surface area (Å²) in [4.78, 5) is 9.69. The first-order chi connectivity index (χ1) is 4.68. The first kappa shape index (κ1) is 16.3. The molecule has 10 heavy (non-hydrogen) atoms. The fraction of sp³-hybridized carbons (Fsp3) is 0.857. The molecule has 0 radical (unpaired) electrons. The summed E-state index contributed by atoms with van der Waals surface area (Å²) in [7, 11) is 0. The molecule has 0 fully saturated rings. The van der Waals surface area contributed by atoms with Crippen molar-refractivity contribution in [2.75, 3.05) is 13.2 Å². The number of nitrogens with two attached hydrogens (primary N) is 1. The van der Waals surface area contributed by atoms with E-state index in [1.54, 1.807) is 6.92 Å². The molecule has 3 N–H and O–H groups in total. The third-order valence-electron chi connectivity index (χ3n) is 0.287. The minimum Gasteiger partial charge on any atom is -0.397 e. The van der Waals surface area contributed by atoms with Crippen LogP contribution in [0, 0.1) is 0 Å². The molecule has 0 aliphatic heterocycles. The summed E-state index contributed by atoms with van der Waals surface area (Å²) in [6.07, 6.45) is 0. The molecule has 3 nitrogen and oxygen atoms in total. The van der Waals surface area contributed by atoms with Crippen LogP contribution in [0.15, 0.2) is 0 Å². The highest BCUT2D eigenvalue weighted by molar-refractivity contribution is 5.77. The third-order valence-corrected chi connectivity index (χ3v) is 0.287. The van der Waals surface area contributed by atoms with Gasteiger partial charge in [0.2, 0.25) is 0 Å². The lowest BCUT2D eigenvalue weighted by Crippen LogP contribution is -2.07. The summed E-state index contributed by atoms with van der Waals surface area (Å²) >= 11 is 0. The van der Waals surface area contributed by atoms with Crippen molar-refractivity contribution in [3.8, 4) is 0 Å². The molecule has 0 aromatic rings. The standard InChI is InChI=1S/C3H7NO.C2H6O.C2H6/c1-3(5)2-4;1-2-3;1-2/h2,4H2,1H3;3H,2H2,1H3;1-2H3. The summed E-state index contributed by atoms with van der Waals surface area (Å²) in [6.45, 7) is 7.56. The molecule has 64 valence electrons. The maximum absolute atomic E-state index is 9.69. The summed E-state index contributed by atoms with van der Waals surface area (Å²) in [5, 5.41) is 7.57. The smallest absolute Gasteiger partial charge is 0.143 e. The van der Waals surface area contributed by atoms with Gasteiger partial charge in [0, 0.05) is 6.61 Å². The highest BCUT2D eigenvalue weighted by Gasteiger charge is 1.76. The zero-order valence-corrected chi connectivity index (χ0v) is 7.35. The number of aliphatic hydroxyl groups is 1. The lowest BCUT2D eigenvalue weighted by atomic mass is 10.5. The highest BCUT2D eigenvalue weighted by atomic mass is 16.2. The van der Waals surface area contributed by atoms with Crippen LogP contribution in [0.4, 0.5) is 0 Å². The predicted octanol–water partition coefficient (Wildman–Crippen LogP) is 0.559. The van der Waals surface area contributed by atoms with E-state index in [0.29, 0.717) is 0 Å². The molecule has 0 bridgehead atoms. The van der Waals surface area contributed by atoms with Crippen molar-refractivity contribution >= 4 is 5.78 Å². The topological polar surface area (TPSA) is 63.3 Å². The van der Waals surface area contributed by atoms with Gasteiger partial charge in [-0.25, -0.2) is 0 Å². The quantitative estimate of drug-likeness (QED) is 0.572. The summed E-state index contributed by atoms with van der Waals surface area (Å²) in [5.41, 5.74) is 4.82. The molecule has 0 aliphatic carbocycles. The molecule has 0 rings (SSSR count). The van der Waals surface area contributed by atoms with Gasteiger partial charge in [-0.05, 0) is 13.8 Å². The second-order valence-electron chi connectivity index (χ2n) is 1.22. The number of carbonyl (C=O) groups excluding carboxylic acids is 1. The molecule has 0 heterocycles. The fourth-order valence-corrected chi connectivity index (χ4v) is 0. The van der Waals surface area contributed by atoms with E-state index in [9.17, 15) is 4.79 Å². The van der Waals surface area contributed by atoms with Crippen LogP contribution in [-0.2, 0) is 4.79 Å². The summed E-state index contributed by atoms with van der Waals surface area (Å²) < 4.78 is 0. The molecule has 0 aliphatic rings. The van der Waals surface area contributed by atoms with Crippen LogP contribution in [0.2, 0.25) is 0 Å². The maximum atomic E-state index is 9.69. The minimum absolute atomic E-state index is 0.0324. The van der Waals surface area contributed by atoms with Crippen LogP contribution in [0.1, 0.15) is 27.7 Å². The first-order valence-electron chi connectivity index (χ1n) is 3.49. The number of ketones is 1. The van der Waals surface area contributed by atoms with Gasteiger partial charge in [0.15, 0.2) is 0 Å². The number of aliphatic hydroxyl groups excluding tert-OH is 1. The molecular weight excluding hydrogens is 130 g/mol. The first-order valence-corrected chi connectivity index (χ1v) is 3.49. The maximum Gasteiger partial charge on any atom is 0.143 e. The molecule has 0 saturated heterocycles. The van der Waals surface area contributed by atoms with Gasteiger partial charge >= 0.3 is 0 Å². The van der Waals surface area contributed by atoms with E-state index in [4.69, 9.17) is 10.8 Å². The Morgan fingerprint density at radius 2 is 1.60 bits per heavy atom. The number of hydrogen-bond acceptors (Lipinski definition) is 3. The Hall–Kier alpha value is -0.410. The third kappa shape index (κ3) is 130. The van der Waals surface area contributed by atoms with Crippen LogP contribution in [0.5, 0.6) is 0 Å². The predicted molar refractivity (Wildman–Crippen MR) is 43.8 cm³/mol. The lowest BCUT2D eigenvalue weighted by Gasteiger charge is -1.73. The van der Waals surface area contributed by atoms with Crippen LogP contribution in [-0.4, -0.2) is 24.0 Å². The SMILES string of the molecule is CC.CC(=O)CN.CCO. The molecule has 0 spiro atoms. The van der Waals surface area contributed by atoms with Gasteiger partial charge < -0.3 is 10.8 Å². The molecule has 0 atom stereocenters. The van der Waals surface area contributed by atoms with Crippen molar-refractivity contribution in [2.24, 2.45) is 5.73 Å². The normalized spacial score (nSPS) is 6.20. The second kappa shape index (κ2) is 23.5.